The van der Waals surface area contributed by atoms with Crippen LogP contribution in [-0.4, -0.2) is 65.8 Å². The van der Waals surface area contributed by atoms with E-state index in [-0.39, 0.29) is 11.7 Å². The second kappa shape index (κ2) is 14.0. The lowest BCUT2D eigenvalue weighted by molar-refractivity contribution is -0.118. The van der Waals surface area contributed by atoms with Crippen molar-refractivity contribution in [2.75, 3.05) is 49.9 Å². The van der Waals surface area contributed by atoms with E-state index in [1.165, 1.54) is 17.3 Å². The lowest BCUT2D eigenvalue weighted by Crippen LogP contribution is -2.46. The Morgan fingerprint density at radius 2 is 1.78 bits per heavy atom. The summed E-state index contributed by atoms with van der Waals surface area (Å²) >= 11 is 19.7. The molecule has 0 spiro atoms. The van der Waals surface area contributed by atoms with E-state index in [4.69, 9.17) is 34.8 Å². The number of aromatic nitrogens is 2. The molecule has 0 bridgehead atoms. The van der Waals surface area contributed by atoms with E-state index in [0.717, 1.165) is 44.1 Å². The number of hydrogen-bond acceptors (Lipinski definition) is 6. The van der Waals surface area contributed by atoms with E-state index in [1.807, 2.05) is 24.3 Å². The molecule has 0 saturated carbocycles. The summed E-state index contributed by atoms with van der Waals surface area (Å²) in [6.07, 6.45) is 4.98. The van der Waals surface area contributed by atoms with Crippen molar-refractivity contribution in [2.45, 2.75) is 11.6 Å². The molecule has 0 aliphatic carbocycles. The first-order valence-corrected chi connectivity index (χ1v) is 14.1. The Bertz CT molecular complexity index is 1220. The Kier molecular flexibility index (Phi) is 10.5. The van der Waals surface area contributed by atoms with Gasteiger partial charge in [-0.15, -0.1) is 0 Å². The lowest BCUT2D eigenvalue weighted by atomic mass is 10.1. The summed E-state index contributed by atoms with van der Waals surface area (Å²) in [5.41, 5.74) is 2.15. The van der Waals surface area contributed by atoms with Crippen LogP contribution in [0.1, 0.15) is 11.1 Å². The summed E-state index contributed by atoms with van der Waals surface area (Å²) < 4.78 is 0. The first kappa shape index (κ1) is 27.7. The minimum Gasteiger partial charge on any atom is -0.355 e. The van der Waals surface area contributed by atoms with Crippen LogP contribution < -0.4 is 10.2 Å². The number of carbonyl (C=O) groups excluding carboxylic acids is 1. The van der Waals surface area contributed by atoms with Crippen LogP contribution in [0, 0.1) is 0 Å². The maximum absolute atomic E-state index is 12.3. The second-order valence-corrected chi connectivity index (χ2v) is 10.7. The van der Waals surface area contributed by atoms with Crippen molar-refractivity contribution in [1.82, 2.24) is 20.2 Å². The van der Waals surface area contributed by atoms with Gasteiger partial charge in [-0.3, -0.25) is 9.69 Å². The molecule has 1 N–H and O–H groups in total. The van der Waals surface area contributed by atoms with Crippen LogP contribution in [0.5, 0.6) is 0 Å². The SMILES string of the molecule is O=C(CSc1nc(Cl)cc(N2CCN(C/C=C/c3ccccc3)CC2)n1)NCCc1ccc(Cl)cc1Cl. The number of nitrogens with zero attached hydrogens (tertiary/aromatic N) is 4. The van der Waals surface area contributed by atoms with Gasteiger partial charge in [0.15, 0.2) is 5.16 Å². The third kappa shape index (κ3) is 8.90. The summed E-state index contributed by atoms with van der Waals surface area (Å²) in [7, 11) is 0. The largest absolute Gasteiger partial charge is 0.355 e. The first-order chi connectivity index (χ1) is 18.0. The molecular weight excluding hydrogens is 549 g/mol. The smallest absolute Gasteiger partial charge is 0.230 e. The summed E-state index contributed by atoms with van der Waals surface area (Å²) in [4.78, 5) is 25.9. The number of hydrogen-bond donors (Lipinski definition) is 1. The molecule has 0 radical (unpaired) electrons. The monoisotopic (exact) mass is 575 g/mol. The zero-order valence-electron chi connectivity index (χ0n) is 20.2. The van der Waals surface area contributed by atoms with E-state index in [9.17, 15) is 4.79 Å². The fourth-order valence-electron chi connectivity index (χ4n) is 3.92. The number of carbonyl (C=O) groups is 1. The molecule has 0 unspecified atom stereocenters. The average molecular weight is 577 g/mol. The zero-order chi connectivity index (χ0) is 26.0. The molecule has 1 aliphatic rings. The molecule has 1 amide bonds. The molecular formula is C27H28Cl3N5OS. The van der Waals surface area contributed by atoms with Gasteiger partial charge in [0.25, 0.3) is 0 Å². The van der Waals surface area contributed by atoms with Gasteiger partial charge >= 0.3 is 0 Å². The van der Waals surface area contributed by atoms with Crippen LogP contribution in [0.3, 0.4) is 0 Å². The van der Waals surface area contributed by atoms with Crippen LogP contribution in [0.15, 0.2) is 65.8 Å². The van der Waals surface area contributed by atoms with Crippen molar-refractivity contribution in [3.05, 3.63) is 87.0 Å². The van der Waals surface area contributed by atoms with Crippen molar-refractivity contribution in [3.63, 3.8) is 0 Å². The highest BCUT2D eigenvalue weighted by Crippen LogP contribution is 2.23. The molecule has 1 saturated heterocycles. The first-order valence-electron chi connectivity index (χ1n) is 12.0. The molecule has 6 nitrogen and oxygen atoms in total. The molecule has 1 aromatic heterocycles. The van der Waals surface area contributed by atoms with Gasteiger partial charge in [-0.25, -0.2) is 9.97 Å². The number of anilines is 1. The highest BCUT2D eigenvalue weighted by atomic mass is 35.5. The molecule has 2 heterocycles. The number of rotatable bonds is 10. The summed E-state index contributed by atoms with van der Waals surface area (Å²) in [5, 5.41) is 4.96. The number of benzene rings is 2. The Morgan fingerprint density at radius 3 is 2.54 bits per heavy atom. The molecule has 0 atom stereocenters. The highest BCUT2D eigenvalue weighted by Gasteiger charge is 2.19. The number of halogens is 3. The van der Waals surface area contributed by atoms with Crippen molar-refractivity contribution in [2.24, 2.45) is 0 Å². The Labute approximate surface area is 237 Å². The van der Waals surface area contributed by atoms with Crippen molar-refractivity contribution < 1.29 is 4.79 Å². The third-order valence-electron chi connectivity index (χ3n) is 5.89. The molecule has 1 fully saturated rings. The summed E-state index contributed by atoms with van der Waals surface area (Å²) in [5.74, 6) is 0.896. The number of amides is 1. The molecule has 37 heavy (non-hydrogen) atoms. The van der Waals surface area contributed by atoms with Crippen LogP contribution in [0.25, 0.3) is 6.08 Å². The van der Waals surface area contributed by atoms with Crippen LogP contribution >= 0.6 is 46.6 Å². The number of nitrogens with one attached hydrogen (secondary N) is 1. The average Bonchev–Trinajstić information content (AvgIpc) is 2.89. The predicted molar refractivity (Wildman–Crippen MR) is 155 cm³/mol. The molecule has 3 aromatic rings. The molecule has 194 valence electrons. The summed E-state index contributed by atoms with van der Waals surface area (Å²) in [6.45, 7) is 4.96. The molecule has 10 heteroatoms. The predicted octanol–water partition coefficient (Wildman–Crippen LogP) is 5.72. The molecule has 4 rings (SSSR count). The minimum absolute atomic E-state index is 0.0996. The Hall–Kier alpha value is -2.29. The number of piperazine rings is 1. The van der Waals surface area contributed by atoms with Crippen LogP contribution in [0.4, 0.5) is 5.82 Å². The van der Waals surface area contributed by atoms with Crippen molar-refractivity contribution >= 4 is 64.4 Å². The number of thioether (sulfide) groups is 1. The summed E-state index contributed by atoms with van der Waals surface area (Å²) in [6, 6.07) is 17.5. The van der Waals surface area contributed by atoms with Crippen LogP contribution in [0.2, 0.25) is 15.2 Å². The third-order valence-corrected chi connectivity index (χ3v) is 7.52. The van der Waals surface area contributed by atoms with Crippen molar-refractivity contribution in [1.29, 1.82) is 0 Å². The van der Waals surface area contributed by atoms with Gasteiger partial charge in [-0.1, -0.05) is 95.1 Å². The zero-order valence-corrected chi connectivity index (χ0v) is 23.3. The van der Waals surface area contributed by atoms with Gasteiger partial charge in [-0.05, 0) is 29.7 Å². The standard InChI is InChI=1S/C27H28Cl3N5OS/c28-22-9-8-21(23(29)17-22)10-11-31-26(36)19-37-27-32-24(30)18-25(33-27)35-15-13-34(14-16-35)12-4-7-20-5-2-1-3-6-20/h1-9,17-18H,10-16,19H2,(H,31,36)/b7-4+. The molecule has 2 aromatic carbocycles. The minimum atomic E-state index is -0.0996. The van der Waals surface area contributed by atoms with Gasteiger partial charge in [0.05, 0.1) is 5.75 Å². The van der Waals surface area contributed by atoms with Gasteiger partial charge in [0, 0.05) is 55.4 Å². The highest BCUT2D eigenvalue weighted by molar-refractivity contribution is 7.99. The lowest BCUT2D eigenvalue weighted by Gasteiger charge is -2.35. The topological polar surface area (TPSA) is 61.4 Å². The van der Waals surface area contributed by atoms with Gasteiger partial charge in [0.1, 0.15) is 11.0 Å². The van der Waals surface area contributed by atoms with Gasteiger partial charge < -0.3 is 10.2 Å². The van der Waals surface area contributed by atoms with E-state index in [0.29, 0.717) is 33.3 Å². The Balaban J connectivity index is 1.21. The van der Waals surface area contributed by atoms with Crippen molar-refractivity contribution in [3.8, 4) is 0 Å². The van der Waals surface area contributed by atoms with Gasteiger partial charge in [0.2, 0.25) is 5.91 Å². The van der Waals surface area contributed by atoms with Crippen LogP contribution in [-0.2, 0) is 11.2 Å². The molecule has 1 aliphatic heterocycles. The maximum atomic E-state index is 12.3. The second-order valence-electron chi connectivity index (χ2n) is 8.56. The van der Waals surface area contributed by atoms with E-state index >= 15 is 0 Å². The normalized spacial score (nSPS) is 14.3. The van der Waals surface area contributed by atoms with E-state index in [2.05, 4.69) is 49.4 Å². The maximum Gasteiger partial charge on any atom is 0.230 e. The van der Waals surface area contributed by atoms with E-state index in [1.54, 1.807) is 18.2 Å². The fourth-order valence-corrected chi connectivity index (χ4v) is 5.33. The Morgan fingerprint density at radius 1 is 1.00 bits per heavy atom. The quantitative estimate of drug-likeness (QED) is 0.189. The van der Waals surface area contributed by atoms with Gasteiger partial charge in [-0.2, -0.15) is 0 Å². The fraction of sp³-hybridized carbons (Fsp3) is 0.296. The van der Waals surface area contributed by atoms with E-state index < -0.39 is 0 Å².